The molecule has 6 rings (SSSR count). The van der Waals surface area contributed by atoms with E-state index < -0.39 is 0 Å². The molecule has 0 saturated carbocycles. The number of hydrogen-bond donors (Lipinski definition) is 0. The van der Waals surface area contributed by atoms with Crippen molar-refractivity contribution >= 4 is 17.9 Å². The number of benzene rings is 3. The van der Waals surface area contributed by atoms with Gasteiger partial charge in [-0.2, -0.15) is 5.26 Å². The predicted molar refractivity (Wildman–Crippen MR) is 131 cm³/mol. The highest BCUT2D eigenvalue weighted by Crippen LogP contribution is 2.45. The molecule has 0 unspecified atom stereocenters. The Morgan fingerprint density at radius 3 is 2.49 bits per heavy atom. The van der Waals surface area contributed by atoms with E-state index in [-0.39, 0.29) is 12.6 Å². The minimum absolute atomic E-state index is 0.137. The van der Waals surface area contributed by atoms with Gasteiger partial charge in [0.25, 0.3) is 0 Å². The Morgan fingerprint density at radius 1 is 0.943 bits per heavy atom. The second-order valence-corrected chi connectivity index (χ2v) is 8.13. The van der Waals surface area contributed by atoms with E-state index in [0.29, 0.717) is 50.7 Å². The maximum absolute atomic E-state index is 13.5. The van der Waals surface area contributed by atoms with Gasteiger partial charge in [0, 0.05) is 16.7 Å². The first-order valence-electron chi connectivity index (χ1n) is 11.0. The number of nitrogens with zero attached hydrogens (tertiary/aromatic N) is 2. The molecule has 0 radical (unpaired) electrons. The van der Waals surface area contributed by atoms with Gasteiger partial charge in [0.15, 0.2) is 17.3 Å². The first kappa shape index (κ1) is 20.7. The van der Waals surface area contributed by atoms with Gasteiger partial charge >= 0.3 is 0 Å². The molecule has 0 saturated heterocycles. The minimum Gasteiger partial charge on any atom is -0.497 e. The Kier molecular flexibility index (Phi) is 4.82. The zero-order valence-corrected chi connectivity index (χ0v) is 18.7. The van der Waals surface area contributed by atoms with E-state index in [1.54, 1.807) is 19.2 Å². The molecule has 1 aromatic heterocycles. The van der Waals surface area contributed by atoms with Gasteiger partial charge in [0.2, 0.25) is 6.79 Å². The largest absolute Gasteiger partial charge is 0.497 e. The predicted octanol–water partition coefficient (Wildman–Crippen LogP) is 5.74. The second-order valence-electron chi connectivity index (χ2n) is 8.13. The van der Waals surface area contributed by atoms with E-state index in [1.165, 1.54) is 0 Å². The molecule has 6 nitrogen and oxygen atoms in total. The number of rotatable bonds is 4. The number of pyridine rings is 1. The Labute approximate surface area is 201 Å². The van der Waals surface area contributed by atoms with Gasteiger partial charge in [-0.15, -0.1) is 0 Å². The van der Waals surface area contributed by atoms with Crippen molar-refractivity contribution in [2.45, 2.75) is 0 Å². The van der Waals surface area contributed by atoms with Crippen LogP contribution in [0, 0.1) is 11.3 Å². The summed E-state index contributed by atoms with van der Waals surface area (Å²) >= 11 is 0. The summed E-state index contributed by atoms with van der Waals surface area (Å²) in [6.45, 7) is 0.137. The molecule has 6 heteroatoms. The van der Waals surface area contributed by atoms with E-state index in [1.807, 2.05) is 66.7 Å². The van der Waals surface area contributed by atoms with E-state index in [0.717, 1.165) is 16.9 Å². The summed E-state index contributed by atoms with van der Waals surface area (Å²) in [5, 5.41) is 10.2. The average Bonchev–Trinajstić information content (AvgIpc) is 3.49. The Balaban J connectivity index is 1.58. The van der Waals surface area contributed by atoms with Crippen LogP contribution in [0.15, 0.2) is 66.7 Å². The smallest absolute Gasteiger partial charge is 0.231 e. The van der Waals surface area contributed by atoms with Crippen LogP contribution in [0.1, 0.15) is 32.7 Å². The number of fused-ring (bicyclic) bond motifs is 4. The van der Waals surface area contributed by atoms with Gasteiger partial charge < -0.3 is 14.2 Å². The molecule has 3 aromatic carbocycles. The Bertz CT molecular complexity index is 1580. The molecule has 0 amide bonds. The van der Waals surface area contributed by atoms with Gasteiger partial charge in [-0.1, -0.05) is 48.5 Å². The summed E-state index contributed by atoms with van der Waals surface area (Å²) in [5.74, 6) is 1.83. The standard InChI is InChI=1S/C29H18N2O4/c1-33-19-10-6-17(7-11-19)8-12-23-22(15-30)26(18-9-13-24-25(14-18)35-16-34-24)27-28(31-23)20-4-2-3-5-21(20)29(27)32/h2-14H,16H2,1H3/b12-8+. The molecule has 0 N–H and O–H groups in total. The molecular formula is C29H18N2O4. The summed E-state index contributed by atoms with van der Waals surface area (Å²) in [4.78, 5) is 18.3. The van der Waals surface area contributed by atoms with Crippen LogP contribution in [-0.4, -0.2) is 24.7 Å². The molecule has 0 atom stereocenters. The van der Waals surface area contributed by atoms with Gasteiger partial charge in [-0.3, -0.25) is 4.79 Å². The summed E-state index contributed by atoms with van der Waals surface area (Å²) in [5.41, 5.74) is 5.34. The van der Waals surface area contributed by atoms with Gasteiger partial charge in [0.05, 0.1) is 29.6 Å². The number of nitriles is 1. The highest BCUT2D eigenvalue weighted by atomic mass is 16.7. The first-order chi connectivity index (χ1) is 17.2. The highest BCUT2D eigenvalue weighted by molar-refractivity contribution is 6.24. The molecule has 0 fully saturated rings. The third kappa shape index (κ3) is 3.33. The van der Waals surface area contributed by atoms with Crippen molar-refractivity contribution in [2.24, 2.45) is 0 Å². The molecule has 35 heavy (non-hydrogen) atoms. The summed E-state index contributed by atoms with van der Waals surface area (Å²) in [7, 11) is 1.62. The average molecular weight is 458 g/mol. The zero-order valence-electron chi connectivity index (χ0n) is 18.7. The molecule has 2 aliphatic rings. The van der Waals surface area contributed by atoms with Crippen molar-refractivity contribution < 1.29 is 19.0 Å². The van der Waals surface area contributed by atoms with Crippen LogP contribution in [0.5, 0.6) is 17.2 Å². The van der Waals surface area contributed by atoms with Crippen molar-refractivity contribution in [1.29, 1.82) is 5.26 Å². The zero-order chi connectivity index (χ0) is 23.9. The third-order valence-electron chi connectivity index (χ3n) is 6.20. The molecule has 4 aromatic rings. The normalized spacial score (nSPS) is 13.0. The lowest BCUT2D eigenvalue weighted by Gasteiger charge is -2.13. The molecule has 168 valence electrons. The number of hydrogen-bond acceptors (Lipinski definition) is 6. The monoisotopic (exact) mass is 458 g/mol. The second kappa shape index (κ2) is 8.15. The number of methoxy groups -OCH3 is 1. The quantitative estimate of drug-likeness (QED) is 0.342. The van der Waals surface area contributed by atoms with E-state index in [4.69, 9.17) is 19.2 Å². The van der Waals surface area contributed by atoms with Crippen LogP contribution in [0.4, 0.5) is 0 Å². The SMILES string of the molecule is COc1ccc(/C=C/c2nc3c(c(-c4ccc5c(c4)OCO5)c2C#N)C(=O)c2ccccc2-3)cc1. The van der Waals surface area contributed by atoms with Crippen molar-refractivity contribution in [3.05, 3.63) is 94.7 Å². The number of carbonyl (C=O) groups is 1. The molecule has 1 aliphatic carbocycles. The van der Waals surface area contributed by atoms with Crippen molar-refractivity contribution in [1.82, 2.24) is 4.98 Å². The van der Waals surface area contributed by atoms with Crippen LogP contribution in [0.3, 0.4) is 0 Å². The van der Waals surface area contributed by atoms with Crippen LogP contribution in [-0.2, 0) is 0 Å². The number of carbonyl (C=O) groups excluding carboxylic acids is 1. The first-order valence-corrected chi connectivity index (χ1v) is 11.0. The van der Waals surface area contributed by atoms with E-state index in [9.17, 15) is 10.1 Å². The third-order valence-corrected chi connectivity index (χ3v) is 6.20. The van der Waals surface area contributed by atoms with Crippen molar-refractivity contribution in [3.8, 4) is 45.7 Å². The minimum atomic E-state index is -0.141. The Morgan fingerprint density at radius 2 is 1.71 bits per heavy atom. The lowest BCUT2D eigenvalue weighted by atomic mass is 9.91. The summed E-state index contributed by atoms with van der Waals surface area (Å²) in [6, 6.07) is 22.7. The van der Waals surface area contributed by atoms with Crippen LogP contribution >= 0.6 is 0 Å². The Hall–Kier alpha value is -4.89. The fraction of sp³-hybridized carbons (Fsp3) is 0.0690. The molecular weight excluding hydrogens is 440 g/mol. The number of ketones is 1. The highest BCUT2D eigenvalue weighted by Gasteiger charge is 2.34. The molecule has 2 heterocycles. The summed E-state index contributed by atoms with van der Waals surface area (Å²) < 4.78 is 16.2. The van der Waals surface area contributed by atoms with Crippen LogP contribution < -0.4 is 14.2 Å². The molecule has 1 aliphatic heterocycles. The number of aromatic nitrogens is 1. The topological polar surface area (TPSA) is 81.4 Å². The van der Waals surface area contributed by atoms with E-state index >= 15 is 0 Å². The van der Waals surface area contributed by atoms with Gasteiger partial charge in [0.1, 0.15) is 11.8 Å². The maximum Gasteiger partial charge on any atom is 0.231 e. The van der Waals surface area contributed by atoms with Gasteiger partial charge in [-0.25, -0.2) is 4.98 Å². The van der Waals surface area contributed by atoms with E-state index in [2.05, 4.69) is 6.07 Å². The van der Waals surface area contributed by atoms with Crippen molar-refractivity contribution in [2.75, 3.05) is 13.9 Å². The van der Waals surface area contributed by atoms with Crippen LogP contribution in [0.25, 0.3) is 34.5 Å². The van der Waals surface area contributed by atoms with Gasteiger partial charge in [-0.05, 0) is 41.5 Å². The fourth-order valence-electron chi connectivity index (χ4n) is 4.51. The fourth-order valence-corrected chi connectivity index (χ4v) is 4.51. The molecule has 0 spiro atoms. The van der Waals surface area contributed by atoms with Crippen molar-refractivity contribution in [3.63, 3.8) is 0 Å². The maximum atomic E-state index is 13.5. The summed E-state index contributed by atoms with van der Waals surface area (Å²) in [6.07, 6.45) is 3.70. The number of ether oxygens (including phenoxy) is 3. The lowest BCUT2D eigenvalue weighted by molar-refractivity contribution is 0.104. The molecule has 0 bridgehead atoms. The van der Waals surface area contributed by atoms with Crippen LogP contribution in [0.2, 0.25) is 0 Å². The lowest BCUT2D eigenvalue weighted by Crippen LogP contribution is -2.04.